The van der Waals surface area contributed by atoms with Crippen LogP contribution in [0.3, 0.4) is 0 Å². The van der Waals surface area contributed by atoms with E-state index in [2.05, 4.69) is 106 Å². The summed E-state index contributed by atoms with van der Waals surface area (Å²) in [6, 6.07) is 0. The maximum absolute atomic E-state index is 13.2. The van der Waals surface area contributed by atoms with E-state index in [1.54, 1.807) is 0 Å². The number of allylic oxidation sites excluding steroid dienone is 14. The molecule has 0 aliphatic carbocycles. The van der Waals surface area contributed by atoms with E-state index in [-0.39, 0.29) is 25.9 Å². The normalized spacial score (nSPS) is 18.3. The third-order valence-electron chi connectivity index (χ3n) is 14.5. The van der Waals surface area contributed by atoms with Crippen molar-refractivity contribution in [3.05, 3.63) is 85.1 Å². The van der Waals surface area contributed by atoms with Gasteiger partial charge in [0.05, 0.1) is 6.61 Å². The standard InChI is InChI=1S/C69H116O12/c1-4-7-10-13-16-19-22-25-28-30-31-33-35-37-40-43-46-49-52-55-61(70)77-58-60(79-62(71)56-53-50-47-44-41-39-36-32-29-26-23-20-17-14-11-8-5-2)59-78-69-67(65(74)64(73)66(81-69)68(75)76)80-63(72)57-54-51-48-45-42-38-34-27-24-21-18-15-12-9-6-3/h8-9,11-12,17-18,20-21,26-27,29,34,36,39,60,64-67,69,73-74H,4-7,10,13-16,19,22-25,28,30-33,35,37-38,40-59H2,1-3H3,(H,75,76)/b11-8-,12-9-,20-17-,21-18-,29-26-,34-27-,39-36-. The monoisotopic (exact) mass is 1140 g/mol. The minimum Gasteiger partial charge on any atom is -0.479 e. The Morgan fingerprint density at radius 1 is 0.420 bits per heavy atom. The van der Waals surface area contributed by atoms with Crippen molar-refractivity contribution in [2.45, 2.75) is 314 Å². The number of esters is 3. The van der Waals surface area contributed by atoms with Crippen LogP contribution in [0, 0.1) is 0 Å². The third kappa shape index (κ3) is 46.0. The number of unbranched alkanes of at least 4 members (excludes halogenated alkanes) is 27. The van der Waals surface area contributed by atoms with E-state index < -0.39 is 67.3 Å². The summed E-state index contributed by atoms with van der Waals surface area (Å²) in [4.78, 5) is 51.3. The summed E-state index contributed by atoms with van der Waals surface area (Å²) in [6.45, 7) is 5.77. The lowest BCUT2D eigenvalue weighted by molar-refractivity contribution is -0.301. The van der Waals surface area contributed by atoms with Crippen molar-refractivity contribution in [3.8, 4) is 0 Å². The Balaban J connectivity index is 2.67. The molecule has 1 fully saturated rings. The number of aliphatic hydroxyl groups excluding tert-OH is 2. The highest BCUT2D eigenvalue weighted by atomic mass is 16.7. The second kappa shape index (κ2) is 56.4. The minimum atomic E-state index is -1.92. The van der Waals surface area contributed by atoms with Crippen molar-refractivity contribution >= 4 is 23.9 Å². The molecule has 0 aromatic heterocycles. The Bertz CT molecular complexity index is 1730. The fraction of sp³-hybridized carbons (Fsp3) is 0.739. The summed E-state index contributed by atoms with van der Waals surface area (Å²) in [6.07, 6.45) is 61.2. The van der Waals surface area contributed by atoms with Crippen molar-refractivity contribution < 1.29 is 58.2 Å². The van der Waals surface area contributed by atoms with Crippen molar-refractivity contribution in [3.63, 3.8) is 0 Å². The van der Waals surface area contributed by atoms with Gasteiger partial charge in [-0.05, 0) is 89.9 Å². The summed E-state index contributed by atoms with van der Waals surface area (Å²) in [5.41, 5.74) is 0. The van der Waals surface area contributed by atoms with Gasteiger partial charge in [0.2, 0.25) is 0 Å². The Morgan fingerprint density at radius 2 is 0.778 bits per heavy atom. The van der Waals surface area contributed by atoms with Crippen molar-refractivity contribution in [1.29, 1.82) is 0 Å². The zero-order valence-corrected chi connectivity index (χ0v) is 51.3. The molecule has 0 radical (unpaired) electrons. The predicted octanol–water partition coefficient (Wildman–Crippen LogP) is 17.5. The smallest absolute Gasteiger partial charge is 0.335 e. The van der Waals surface area contributed by atoms with Gasteiger partial charge >= 0.3 is 23.9 Å². The first-order chi connectivity index (χ1) is 39.6. The average molecular weight is 1140 g/mol. The number of hydrogen-bond acceptors (Lipinski definition) is 11. The van der Waals surface area contributed by atoms with Gasteiger partial charge in [0.15, 0.2) is 24.6 Å². The second-order valence-corrected chi connectivity index (χ2v) is 22.0. The zero-order valence-electron chi connectivity index (χ0n) is 51.3. The van der Waals surface area contributed by atoms with Crippen LogP contribution in [0.5, 0.6) is 0 Å². The van der Waals surface area contributed by atoms with Gasteiger partial charge in [-0.3, -0.25) is 14.4 Å². The highest BCUT2D eigenvalue weighted by Gasteiger charge is 2.50. The van der Waals surface area contributed by atoms with Gasteiger partial charge in [-0.15, -0.1) is 0 Å². The largest absolute Gasteiger partial charge is 0.479 e. The van der Waals surface area contributed by atoms with Crippen LogP contribution in [-0.2, 0) is 42.9 Å². The number of carboxylic acid groups (broad SMARTS) is 1. The van der Waals surface area contributed by atoms with Gasteiger partial charge < -0.3 is 39.0 Å². The number of carboxylic acids is 1. The van der Waals surface area contributed by atoms with Crippen LogP contribution >= 0.6 is 0 Å². The van der Waals surface area contributed by atoms with Crippen molar-refractivity contribution in [1.82, 2.24) is 0 Å². The number of carbonyl (C=O) groups excluding carboxylic acids is 3. The molecule has 3 N–H and O–H groups in total. The molecular weight excluding hydrogens is 1020 g/mol. The highest BCUT2D eigenvalue weighted by molar-refractivity contribution is 5.74. The van der Waals surface area contributed by atoms with Gasteiger partial charge in [0.1, 0.15) is 18.8 Å². The first kappa shape index (κ1) is 74.9. The Morgan fingerprint density at radius 3 is 1.19 bits per heavy atom. The summed E-state index contributed by atoms with van der Waals surface area (Å²) in [5.74, 6) is -3.16. The van der Waals surface area contributed by atoms with E-state index in [9.17, 15) is 34.5 Å². The lowest BCUT2D eigenvalue weighted by atomic mass is 9.98. The molecular formula is C69H116O12. The highest BCUT2D eigenvalue weighted by Crippen LogP contribution is 2.27. The molecule has 0 saturated carbocycles. The van der Waals surface area contributed by atoms with Crippen LogP contribution in [0.25, 0.3) is 0 Å². The number of ether oxygens (including phenoxy) is 5. The maximum atomic E-state index is 13.2. The van der Waals surface area contributed by atoms with Crippen molar-refractivity contribution in [2.24, 2.45) is 0 Å². The summed E-state index contributed by atoms with van der Waals surface area (Å²) in [5, 5.41) is 31.6. The van der Waals surface area contributed by atoms with Gasteiger partial charge in [0.25, 0.3) is 0 Å². The molecule has 0 aromatic rings. The predicted molar refractivity (Wildman–Crippen MR) is 331 cm³/mol. The quantitative estimate of drug-likeness (QED) is 0.0228. The van der Waals surface area contributed by atoms with E-state index in [1.165, 1.54) is 96.3 Å². The molecule has 6 unspecified atom stereocenters. The molecule has 1 saturated heterocycles. The Hall–Kier alpha value is -4.10. The van der Waals surface area contributed by atoms with Crippen LogP contribution in [-0.4, -0.2) is 89.2 Å². The van der Waals surface area contributed by atoms with Crippen LogP contribution in [0.2, 0.25) is 0 Å². The van der Waals surface area contributed by atoms with Crippen LogP contribution in [0.1, 0.15) is 278 Å². The van der Waals surface area contributed by atoms with Gasteiger partial charge in [0, 0.05) is 19.3 Å². The summed E-state index contributed by atoms with van der Waals surface area (Å²) in [7, 11) is 0. The average Bonchev–Trinajstić information content (AvgIpc) is 3.52. The molecule has 6 atom stereocenters. The Labute approximate surface area is 492 Å². The number of rotatable bonds is 55. The first-order valence-corrected chi connectivity index (χ1v) is 32.6. The molecule has 1 rings (SSSR count). The molecule has 0 bridgehead atoms. The van der Waals surface area contributed by atoms with Crippen LogP contribution in [0.4, 0.5) is 0 Å². The zero-order chi connectivity index (χ0) is 58.9. The Kier molecular flexibility index (Phi) is 52.1. The van der Waals surface area contributed by atoms with Crippen LogP contribution < -0.4 is 0 Å². The number of aliphatic carboxylic acids is 1. The summed E-state index contributed by atoms with van der Waals surface area (Å²) >= 11 is 0. The summed E-state index contributed by atoms with van der Waals surface area (Å²) < 4.78 is 28.5. The number of aliphatic hydroxyl groups is 2. The molecule has 464 valence electrons. The minimum absolute atomic E-state index is 0.0359. The fourth-order valence-electron chi connectivity index (χ4n) is 9.55. The van der Waals surface area contributed by atoms with E-state index in [0.29, 0.717) is 19.3 Å². The topological polar surface area (TPSA) is 175 Å². The first-order valence-electron chi connectivity index (χ1n) is 32.6. The van der Waals surface area contributed by atoms with Gasteiger partial charge in [-0.1, -0.05) is 254 Å². The van der Waals surface area contributed by atoms with E-state index in [1.807, 2.05) is 0 Å². The van der Waals surface area contributed by atoms with Crippen molar-refractivity contribution in [2.75, 3.05) is 13.2 Å². The molecule has 0 amide bonds. The molecule has 81 heavy (non-hydrogen) atoms. The molecule has 12 heteroatoms. The molecule has 0 aromatic carbocycles. The maximum Gasteiger partial charge on any atom is 0.335 e. The lowest BCUT2D eigenvalue weighted by Crippen LogP contribution is -2.61. The van der Waals surface area contributed by atoms with Crippen LogP contribution in [0.15, 0.2) is 85.1 Å². The molecule has 0 spiro atoms. The molecule has 12 nitrogen and oxygen atoms in total. The van der Waals surface area contributed by atoms with E-state index in [4.69, 9.17) is 23.7 Å². The molecule has 1 heterocycles. The SMILES string of the molecule is CC/C=C\C/C=C\C/C=C\C/C=C\CCCCCCC(=O)OC(COC(=O)CCCCCCCCCCCCCCCCCCCCC)COC1OC(C(=O)O)C(O)C(O)C1OC(=O)CCCCCCC/C=C\C/C=C\C/C=C\CC. The number of carbonyl (C=O) groups is 4. The van der Waals surface area contributed by atoms with Gasteiger partial charge in [-0.2, -0.15) is 0 Å². The molecule has 1 aliphatic heterocycles. The van der Waals surface area contributed by atoms with E-state index in [0.717, 1.165) is 122 Å². The second-order valence-electron chi connectivity index (χ2n) is 22.0. The fourth-order valence-corrected chi connectivity index (χ4v) is 9.55. The third-order valence-corrected chi connectivity index (χ3v) is 14.5. The van der Waals surface area contributed by atoms with E-state index >= 15 is 0 Å². The molecule has 1 aliphatic rings. The lowest BCUT2D eigenvalue weighted by Gasteiger charge is -2.40. The number of hydrogen-bond donors (Lipinski definition) is 3. The van der Waals surface area contributed by atoms with Gasteiger partial charge in [-0.25, -0.2) is 4.79 Å².